The fourth-order valence-electron chi connectivity index (χ4n) is 1.80. The van der Waals surface area contributed by atoms with Crippen molar-refractivity contribution in [1.29, 1.82) is 0 Å². The van der Waals surface area contributed by atoms with E-state index in [0.29, 0.717) is 19.0 Å². The van der Waals surface area contributed by atoms with E-state index in [-0.39, 0.29) is 18.3 Å². The smallest absolute Gasteiger partial charge is 0.292 e. The van der Waals surface area contributed by atoms with E-state index in [0.717, 1.165) is 12.8 Å². The molecule has 1 aliphatic heterocycles. The zero-order valence-electron chi connectivity index (χ0n) is 8.43. The zero-order valence-corrected chi connectivity index (χ0v) is 8.43. The largest absolute Gasteiger partial charge is 0.396 e. The Morgan fingerprint density at radius 3 is 2.87 bits per heavy atom. The number of aromatic nitrogens is 1. The Kier molecular flexibility index (Phi) is 3.01. The average Bonchev–Trinajstić information content (AvgIpc) is 2.82. The third kappa shape index (κ3) is 2.18. The zero-order chi connectivity index (χ0) is 10.7. The minimum atomic E-state index is -0.108. The van der Waals surface area contributed by atoms with Gasteiger partial charge in [-0.1, -0.05) is 5.16 Å². The lowest BCUT2D eigenvalue weighted by molar-refractivity contribution is 0.0611. The Morgan fingerprint density at radius 2 is 2.33 bits per heavy atom. The number of amides is 1. The van der Waals surface area contributed by atoms with E-state index in [1.54, 1.807) is 11.0 Å². The molecule has 5 heteroatoms. The maximum Gasteiger partial charge on any atom is 0.292 e. The first kappa shape index (κ1) is 10.2. The van der Waals surface area contributed by atoms with E-state index in [1.165, 1.54) is 6.20 Å². The van der Waals surface area contributed by atoms with E-state index in [2.05, 4.69) is 5.16 Å². The van der Waals surface area contributed by atoms with Crippen molar-refractivity contribution in [3.8, 4) is 0 Å². The lowest BCUT2D eigenvalue weighted by atomic mass is 9.98. The van der Waals surface area contributed by atoms with Gasteiger partial charge in [0.2, 0.25) is 5.76 Å². The van der Waals surface area contributed by atoms with Crippen LogP contribution in [0.5, 0.6) is 0 Å². The summed E-state index contributed by atoms with van der Waals surface area (Å²) in [5.41, 5.74) is 0. The minimum absolute atomic E-state index is 0.108. The number of carbonyl (C=O) groups is 1. The van der Waals surface area contributed by atoms with Crippen LogP contribution in [0.4, 0.5) is 0 Å². The molecule has 0 aliphatic carbocycles. The van der Waals surface area contributed by atoms with E-state index in [4.69, 9.17) is 9.63 Å². The first-order chi connectivity index (χ1) is 7.31. The standard InChI is InChI=1S/C10H14N2O3/c13-7-8-2-5-12(6-3-8)10(14)9-1-4-11-15-9/h1,4,8,13H,2-3,5-7H2. The SMILES string of the molecule is O=C(c1ccno1)N1CCC(CO)CC1. The molecule has 1 amide bonds. The molecule has 0 unspecified atom stereocenters. The van der Waals surface area contributed by atoms with E-state index < -0.39 is 0 Å². The van der Waals surface area contributed by atoms with Crippen LogP contribution in [0.15, 0.2) is 16.8 Å². The van der Waals surface area contributed by atoms with Crippen molar-refractivity contribution in [2.24, 2.45) is 5.92 Å². The van der Waals surface area contributed by atoms with Crippen molar-refractivity contribution in [2.45, 2.75) is 12.8 Å². The molecule has 0 saturated carbocycles. The molecule has 1 N–H and O–H groups in total. The number of hydrogen-bond donors (Lipinski definition) is 1. The van der Waals surface area contributed by atoms with Gasteiger partial charge in [-0.3, -0.25) is 4.79 Å². The molecule has 5 nitrogen and oxygen atoms in total. The molecule has 1 saturated heterocycles. The van der Waals surface area contributed by atoms with Crippen LogP contribution in [0.3, 0.4) is 0 Å². The molecule has 1 fully saturated rings. The van der Waals surface area contributed by atoms with Crippen LogP contribution >= 0.6 is 0 Å². The van der Waals surface area contributed by atoms with Gasteiger partial charge in [0.15, 0.2) is 0 Å². The molecule has 1 aliphatic rings. The van der Waals surface area contributed by atoms with Gasteiger partial charge in [-0.2, -0.15) is 0 Å². The van der Waals surface area contributed by atoms with Gasteiger partial charge in [-0.25, -0.2) is 0 Å². The highest BCUT2D eigenvalue weighted by Crippen LogP contribution is 2.18. The molecule has 0 aromatic carbocycles. The Bertz CT molecular complexity index is 315. The van der Waals surface area contributed by atoms with Crippen molar-refractivity contribution in [3.05, 3.63) is 18.0 Å². The normalized spacial score (nSPS) is 18.1. The van der Waals surface area contributed by atoms with Gasteiger partial charge in [0.25, 0.3) is 5.91 Å². The average molecular weight is 210 g/mol. The summed E-state index contributed by atoms with van der Waals surface area (Å²) >= 11 is 0. The second kappa shape index (κ2) is 4.44. The lowest BCUT2D eigenvalue weighted by Gasteiger charge is -2.30. The number of likely N-dealkylation sites (tertiary alicyclic amines) is 1. The summed E-state index contributed by atoms with van der Waals surface area (Å²) in [7, 11) is 0. The van der Waals surface area contributed by atoms with E-state index in [1.807, 2.05) is 0 Å². The van der Waals surface area contributed by atoms with Crippen LogP contribution in [-0.2, 0) is 0 Å². The fraction of sp³-hybridized carbons (Fsp3) is 0.600. The number of carbonyl (C=O) groups excluding carboxylic acids is 1. The topological polar surface area (TPSA) is 66.6 Å². The molecule has 2 heterocycles. The molecule has 0 atom stereocenters. The molecule has 0 spiro atoms. The minimum Gasteiger partial charge on any atom is -0.396 e. The predicted octanol–water partition coefficient (Wildman–Crippen LogP) is 0.519. The molecule has 1 aromatic rings. The summed E-state index contributed by atoms with van der Waals surface area (Å²) in [5.74, 6) is 0.519. The Balaban J connectivity index is 1.93. The van der Waals surface area contributed by atoms with Gasteiger partial charge in [-0.15, -0.1) is 0 Å². The van der Waals surface area contributed by atoms with Crippen molar-refractivity contribution in [2.75, 3.05) is 19.7 Å². The van der Waals surface area contributed by atoms with Crippen molar-refractivity contribution >= 4 is 5.91 Å². The Labute approximate surface area is 87.7 Å². The van der Waals surface area contributed by atoms with E-state index >= 15 is 0 Å². The van der Waals surface area contributed by atoms with Gasteiger partial charge in [0.1, 0.15) is 0 Å². The maximum absolute atomic E-state index is 11.8. The highest BCUT2D eigenvalue weighted by molar-refractivity contribution is 5.91. The van der Waals surface area contributed by atoms with Gasteiger partial charge in [0.05, 0.1) is 6.20 Å². The van der Waals surface area contributed by atoms with Gasteiger partial charge in [-0.05, 0) is 18.8 Å². The van der Waals surface area contributed by atoms with Gasteiger partial charge in [0, 0.05) is 25.8 Å². The molecule has 0 bridgehead atoms. The highest BCUT2D eigenvalue weighted by Gasteiger charge is 2.24. The lowest BCUT2D eigenvalue weighted by Crippen LogP contribution is -2.39. The van der Waals surface area contributed by atoms with Crippen LogP contribution < -0.4 is 0 Å². The number of nitrogens with zero attached hydrogens (tertiary/aromatic N) is 2. The summed E-state index contributed by atoms with van der Waals surface area (Å²) in [5, 5.41) is 12.5. The number of hydrogen-bond acceptors (Lipinski definition) is 4. The number of aliphatic hydroxyl groups excluding tert-OH is 1. The highest BCUT2D eigenvalue weighted by atomic mass is 16.5. The third-order valence-corrected chi connectivity index (χ3v) is 2.81. The molecule has 15 heavy (non-hydrogen) atoms. The van der Waals surface area contributed by atoms with Crippen LogP contribution in [-0.4, -0.2) is 40.8 Å². The van der Waals surface area contributed by atoms with Gasteiger partial charge >= 0.3 is 0 Å². The molecule has 2 rings (SSSR count). The monoisotopic (exact) mass is 210 g/mol. The van der Waals surface area contributed by atoms with Crippen LogP contribution in [0.1, 0.15) is 23.4 Å². The van der Waals surface area contributed by atoms with Crippen LogP contribution in [0, 0.1) is 5.92 Å². The Hall–Kier alpha value is -1.36. The second-order valence-corrected chi connectivity index (χ2v) is 3.79. The number of aliphatic hydroxyl groups is 1. The number of piperidine rings is 1. The Morgan fingerprint density at radius 1 is 1.60 bits per heavy atom. The number of rotatable bonds is 2. The molecule has 0 radical (unpaired) electrons. The quantitative estimate of drug-likeness (QED) is 0.772. The summed E-state index contributed by atoms with van der Waals surface area (Å²) in [6.45, 7) is 1.58. The van der Waals surface area contributed by atoms with Crippen LogP contribution in [0.2, 0.25) is 0 Å². The molecule has 1 aromatic heterocycles. The summed E-state index contributed by atoms with van der Waals surface area (Å²) in [6, 6.07) is 1.57. The first-order valence-electron chi connectivity index (χ1n) is 5.12. The van der Waals surface area contributed by atoms with Gasteiger partial charge < -0.3 is 14.5 Å². The van der Waals surface area contributed by atoms with E-state index in [9.17, 15) is 4.79 Å². The fourth-order valence-corrected chi connectivity index (χ4v) is 1.80. The third-order valence-electron chi connectivity index (χ3n) is 2.81. The molecule has 82 valence electrons. The van der Waals surface area contributed by atoms with Crippen molar-refractivity contribution in [3.63, 3.8) is 0 Å². The predicted molar refractivity (Wildman–Crippen MR) is 52.2 cm³/mol. The second-order valence-electron chi connectivity index (χ2n) is 3.79. The van der Waals surface area contributed by atoms with Crippen molar-refractivity contribution < 1.29 is 14.4 Å². The molecular weight excluding hydrogens is 196 g/mol. The summed E-state index contributed by atoms with van der Waals surface area (Å²) in [4.78, 5) is 13.5. The van der Waals surface area contributed by atoms with Crippen LogP contribution in [0.25, 0.3) is 0 Å². The maximum atomic E-state index is 11.8. The summed E-state index contributed by atoms with van der Waals surface area (Å²) < 4.78 is 4.81. The molecular formula is C10H14N2O3. The summed E-state index contributed by atoms with van der Waals surface area (Å²) in [6.07, 6.45) is 3.18. The van der Waals surface area contributed by atoms with Crippen molar-refractivity contribution in [1.82, 2.24) is 10.1 Å². The first-order valence-corrected chi connectivity index (χ1v) is 5.12.